The van der Waals surface area contributed by atoms with E-state index in [4.69, 9.17) is 9.15 Å². The summed E-state index contributed by atoms with van der Waals surface area (Å²) in [5.41, 5.74) is 1.45. The van der Waals surface area contributed by atoms with E-state index in [1.807, 2.05) is 36.4 Å². The molecule has 6 nitrogen and oxygen atoms in total. The molecule has 6 heteroatoms. The van der Waals surface area contributed by atoms with Crippen molar-refractivity contribution in [2.75, 3.05) is 12.4 Å². The Balaban J connectivity index is 1.61. The number of hydrogen-bond acceptors (Lipinski definition) is 5. The maximum absolute atomic E-state index is 12.4. The molecule has 0 saturated heterocycles. The third kappa shape index (κ3) is 4.38. The number of carbonyl (C=O) groups is 1. The molecular weight excluding hydrogens is 318 g/mol. The highest BCUT2D eigenvalue weighted by atomic mass is 16.5. The van der Waals surface area contributed by atoms with Crippen LogP contribution in [-0.2, 0) is 13.1 Å². The van der Waals surface area contributed by atoms with Gasteiger partial charge in [0.2, 0.25) is 0 Å². The second kappa shape index (κ2) is 8.01. The molecule has 128 valence electrons. The van der Waals surface area contributed by atoms with Crippen LogP contribution in [0.3, 0.4) is 0 Å². The van der Waals surface area contributed by atoms with Crippen LogP contribution in [0, 0.1) is 0 Å². The van der Waals surface area contributed by atoms with Gasteiger partial charge in [-0.25, -0.2) is 4.98 Å². The molecule has 0 aliphatic rings. The smallest absolute Gasteiger partial charge is 0.251 e. The van der Waals surface area contributed by atoms with Crippen LogP contribution in [0.5, 0.6) is 5.75 Å². The van der Waals surface area contributed by atoms with Crippen molar-refractivity contribution in [2.24, 2.45) is 0 Å². The van der Waals surface area contributed by atoms with Crippen molar-refractivity contribution >= 4 is 11.7 Å². The number of benzene rings is 1. The van der Waals surface area contributed by atoms with Crippen molar-refractivity contribution in [3.8, 4) is 5.75 Å². The summed E-state index contributed by atoms with van der Waals surface area (Å²) in [5, 5.41) is 6.02. The first kappa shape index (κ1) is 16.6. The molecule has 2 aromatic heterocycles. The zero-order chi connectivity index (χ0) is 17.5. The van der Waals surface area contributed by atoms with Crippen LogP contribution in [0.1, 0.15) is 21.7 Å². The second-order valence-electron chi connectivity index (χ2n) is 5.36. The molecule has 0 atom stereocenters. The summed E-state index contributed by atoms with van der Waals surface area (Å²) in [4.78, 5) is 16.6. The van der Waals surface area contributed by atoms with Crippen LogP contribution in [0.2, 0.25) is 0 Å². The SMILES string of the molecule is COc1ccccc1CNC(=O)c1ccnc(NCc2ccco2)c1. The van der Waals surface area contributed by atoms with Gasteiger partial charge in [-0.05, 0) is 30.3 Å². The predicted molar refractivity (Wildman–Crippen MR) is 94.4 cm³/mol. The number of methoxy groups -OCH3 is 1. The first-order chi connectivity index (χ1) is 12.3. The van der Waals surface area contributed by atoms with E-state index < -0.39 is 0 Å². The number of furan rings is 1. The van der Waals surface area contributed by atoms with Gasteiger partial charge in [-0.3, -0.25) is 4.79 Å². The van der Waals surface area contributed by atoms with Crippen molar-refractivity contribution in [3.05, 3.63) is 77.9 Å². The Morgan fingerprint density at radius 1 is 1.16 bits per heavy atom. The first-order valence-electron chi connectivity index (χ1n) is 7.88. The molecule has 0 radical (unpaired) electrons. The summed E-state index contributed by atoms with van der Waals surface area (Å²) in [6.45, 7) is 0.895. The van der Waals surface area contributed by atoms with Crippen LogP contribution in [0.25, 0.3) is 0 Å². The minimum absolute atomic E-state index is 0.172. The van der Waals surface area contributed by atoms with Gasteiger partial charge in [-0.1, -0.05) is 18.2 Å². The average molecular weight is 337 g/mol. The lowest BCUT2D eigenvalue weighted by atomic mass is 10.2. The summed E-state index contributed by atoms with van der Waals surface area (Å²) in [7, 11) is 1.61. The average Bonchev–Trinajstić information content (AvgIpc) is 3.18. The van der Waals surface area contributed by atoms with Crippen LogP contribution in [-0.4, -0.2) is 18.0 Å². The zero-order valence-electron chi connectivity index (χ0n) is 13.9. The van der Waals surface area contributed by atoms with E-state index in [1.165, 1.54) is 0 Å². The predicted octanol–water partition coefficient (Wildman–Crippen LogP) is 3.23. The minimum Gasteiger partial charge on any atom is -0.496 e. The number of para-hydroxylation sites is 1. The van der Waals surface area contributed by atoms with E-state index >= 15 is 0 Å². The normalized spacial score (nSPS) is 10.3. The third-order valence-electron chi connectivity index (χ3n) is 3.68. The highest BCUT2D eigenvalue weighted by Gasteiger charge is 2.09. The molecule has 1 aromatic carbocycles. The molecule has 0 aliphatic heterocycles. The van der Waals surface area contributed by atoms with Gasteiger partial charge < -0.3 is 19.8 Å². The summed E-state index contributed by atoms with van der Waals surface area (Å²) in [5.74, 6) is 1.99. The number of aromatic nitrogens is 1. The van der Waals surface area contributed by atoms with Crippen molar-refractivity contribution in [2.45, 2.75) is 13.1 Å². The Labute approximate surface area is 145 Å². The molecule has 0 aliphatic carbocycles. The molecule has 0 bridgehead atoms. The zero-order valence-corrected chi connectivity index (χ0v) is 13.9. The maximum atomic E-state index is 12.4. The van der Waals surface area contributed by atoms with Crippen LogP contribution in [0.4, 0.5) is 5.82 Å². The Hall–Kier alpha value is -3.28. The van der Waals surface area contributed by atoms with Gasteiger partial charge >= 0.3 is 0 Å². The lowest BCUT2D eigenvalue weighted by Crippen LogP contribution is -2.23. The van der Waals surface area contributed by atoms with Crippen molar-refractivity contribution < 1.29 is 13.9 Å². The van der Waals surface area contributed by atoms with Crippen molar-refractivity contribution in [1.82, 2.24) is 10.3 Å². The lowest BCUT2D eigenvalue weighted by molar-refractivity contribution is 0.0950. The Morgan fingerprint density at radius 2 is 2.04 bits per heavy atom. The molecule has 3 rings (SSSR count). The van der Waals surface area contributed by atoms with E-state index in [0.717, 1.165) is 17.1 Å². The highest BCUT2D eigenvalue weighted by Crippen LogP contribution is 2.17. The highest BCUT2D eigenvalue weighted by molar-refractivity contribution is 5.94. The Bertz CT molecular complexity index is 831. The lowest BCUT2D eigenvalue weighted by Gasteiger charge is -2.10. The van der Waals surface area contributed by atoms with Gasteiger partial charge in [-0.15, -0.1) is 0 Å². The Kier molecular flexibility index (Phi) is 5.31. The molecule has 0 spiro atoms. The van der Waals surface area contributed by atoms with Crippen LogP contribution in [0.15, 0.2) is 65.4 Å². The van der Waals surface area contributed by atoms with Crippen molar-refractivity contribution in [1.29, 1.82) is 0 Å². The van der Waals surface area contributed by atoms with E-state index in [2.05, 4.69) is 15.6 Å². The van der Waals surface area contributed by atoms with Crippen LogP contribution < -0.4 is 15.4 Å². The number of anilines is 1. The molecule has 0 saturated carbocycles. The van der Waals surface area contributed by atoms with Gasteiger partial charge in [0.1, 0.15) is 17.3 Å². The fourth-order valence-corrected chi connectivity index (χ4v) is 2.39. The molecule has 2 heterocycles. The topological polar surface area (TPSA) is 76.4 Å². The molecule has 25 heavy (non-hydrogen) atoms. The molecule has 0 unspecified atom stereocenters. The summed E-state index contributed by atoms with van der Waals surface area (Å²) in [6, 6.07) is 14.7. The number of nitrogens with one attached hydrogen (secondary N) is 2. The van der Waals surface area contributed by atoms with E-state index in [0.29, 0.717) is 24.5 Å². The monoisotopic (exact) mass is 337 g/mol. The van der Waals surface area contributed by atoms with E-state index in [1.54, 1.807) is 31.7 Å². The molecule has 2 N–H and O–H groups in total. The minimum atomic E-state index is -0.172. The molecular formula is C19H19N3O3. The molecule has 3 aromatic rings. The summed E-state index contributed by atoms with van der Waals surface area (Å²) in [6.07, 6.45) is 3.22. The van der Waals surface area contributed by atoms with E-state index in [9.17, 15) is 4.79 Å². The van der Waals surface area contributed by atoms with Gasteiger partial charge in [0.15, 0.2) is 0 Å². The standard InChI is InChI=1S/C19H19N3O3/c1-24-17-7-3-2-5-15(17)12-22-19(23)14-8-9-20-18(11-14)21-13-16-6-4-10-25-16/h2-11H,12-13H2,1H3,(H,20,21)(H,22,23). The van der Waals surface area contributed by atoms with Gasteiger partial charge in [0.25, 0.3) is 5.91 Å². The largest absolute Gasteiger partial charge is 0.496 e. The third-order valence-corrected chi connectivity index (χ3v) is 3.68. The molecule has 1 amide bonds. The maximum Gasteiger partial charge on any atom is 0.251 e. The number of rotatable bonds is 7. The van der Waals surface area contributed by atoms with Gasteiger partial charge in [0.05, 0.1) is 19.9 Å². The summed E-state index contributed by atoms with van der Waals surface area (Å²) >= 11 is 0. The summed E-state index contributed by atoms with van der Waals surface area (Å²) < 4.78 is 10.6. The molecule has 0 fully saturated rings. The quantitative estimate of drug-likeness (QED) is 0.692. The number of pyridine rings is 1. The fourth-order valence-electron chi connectivity index (χ4n) is 2.39. The number of nitrogens with zero attached hydrogens (tertiary/aromatic N) is 1. The first-order valence-corrected chi connectivity index (χ1v) is 7.88. The number of amides is 1. The number of hydrogen-bond donors (Lipinski definition) is 2. The fraction of sp³-hybridized carbons (Fsp3) is 0.158. The number of carbonyl (C=O) groups excluding carboxylic acids is 1. The van der Waals surface area contributed by atoms with Gasteiger partial charge in [-0.2, -0.15) is 0 Å². The number of ether oxygens (including phenoxy) is 1. The van der Waals surface area contributed by atoms with Crippen LogP contribution >= 0.6 is 0 Å². The Morgan fingerprint density at radius 3 is 2.84 bits per heavy atom. The second-order valence-corrected chi connectivity index (χ2v) is 5.36. The van der Waals surface area contributed by atoms with E-state index in [-0.39, 0.29) is 5.91 Å². The van der Waals surface area contributed by atoms with Crippen molar-refractivity contribution in [3.63, 3.8) is 0 Å². The van der Waals surface area contributed by atoms with Gasteiger partial charge in [0, 0.05) is 23.9 Å².